The Balaban J connectivity index is 1.46. The highest BCUT2D eigenvalue weighted by Crippen LogP contribution is 2.39. The molecule has 12 heteroatoms. The maximum Gasteiger partial charge on any atom is 0.337 e. The van der Waals surface area contributed by atoms with Gasteiger partial charge in [0.25, 0.3) is 0 Å². The number of aliphatic hydroxyl groups is 1. The van der Waals surface area contributed by atoms with Gasteiger partial charge in [-0.25, -0.2) is 27.6 Å². The third-order valence-corrected chi connectivity index (χ3v) is 7.33. The van der Waals surface area contributed by atoms with Gasteiger partial charge in [0.1, 0.15) is 35.7 Å². The summed E-state index contributed by atoms with van der Waals surface area (Å²) in [6.45, 7) is 1.90. The van der Waals surface area contributed by atoms with Gasteiger partial charge < -0.3 is 19.3 Å². The van der Waals surface area contributed by atoms with Crippen molar-refractivity contribution < 1.29 is 37.3 Å². The molecule has 1 aromatic heterocycles. The fraction of sp³-hybridized carbons (Fsp3) is 0.375. The lowest BCUT2D eigenvalue weighted by molar-refractivity contribution is -0.181. The number of thioether (sulfide) groups is 1. The molecule has 1 aliphatic heterocycles. The van der Waals surface area contributed by atoms with Crippen LogP contribution in [0.25, 0.3) is 0 Å². The number of halogens is 3. The Morgan fingerprint density at radius 3 is 2.58 bits per heavy atom. The molecule has 0 aliphatic carbocycles. The van der Waals surface area contributed by atoms with E-state index in [0.29, 0.717) is 0 Å². The van der Waals surface area contributed by atoms with Crippen LogP contribution in [0.4, 0.5) is 13.2 Å². The number of aromatic nitrogens is 3. The molecule has 0 radical (unpaired) electrons. The third kappa shape index (κ3) is 5.56. The summed E-state index contributed by atoms with van der Waals surface area (Å²) in [5.41, 5.74) is -1.66. The highest BCUT2D eigenvalue weighted by atomic mass is 32.2. The van der Waals surface area contributed by atoms with Crippen LogP contribution in [0.1, 0.15) is 34.7 Å². The lowest BCUT2D eigenvalue weighted by Crippen LogP contribution is -2.43. The van der Waals surface area contributed by atoms with E-state index < -0.39 is 40.6 Å². The Hall–Kier alpha value is -2.93. The zero-order chi connectivity index (χ0) is 25.9. The molecule has 0 amide bonds. The van der Waals surface area contributed by atoms with Gasteiger partial charge in [-0.2, -0.15) is 5.10 Å². The molecule has 8 nitrogen and oxygen atoms in total. The average molecular weight is 524 g/mol. The first-order valence-electron chi connectivity index (χ1n) is 11.0. The smallest absolute Gasteiger partial charge is 0.337 e. The van der Waals surface area contributed by atoms with Crippen LogP contribution in [0.3, 0.4) is 0 Å². The molecule has 0 bridgehead atoms. The van der Waals surface area contributed by atoms with Crippen molar-refractivity contribution in [3.05, 3.63) is 83.2 Å². The second-order valence-electron chi connectivity index (χ2n) is 8.27. The largest absolute Gasteiger partial charge is 0.465 e. The predicted octanol–water partition coefficient (Wildman–Crippen LogP) is 3.61. The van der Waals surface area contributed by atoms with Crippen LogP contribution in [0, 0.1) is 17.5 Å². The van der Waals surface area contributed by atoms with Crippen LogP contribution in [-0.4, -0.2) is 56.7 Å². The topological polar surface area (TPSA) is 95.7 Å². The maximum absolute atomic E-state index is 14.7. The summed E-state index contributed by atoms with van der Waals surface area (Å²) in [5.74, 6) is -2.97. The van der Waals surface area contributed by atoms with Crippen LogP contribution in [0.5, 0.6) is 0 Å². The van der Waals surface area contributed by atoms with Gasteiger partial charge in [-0.05, 0) is 18.2 Å². The van der Waals surface area contributed by atoms with Gasteiger partial charge in [0.05, 0.1) is 37.7 Å². The molecule has 4 rings (SSSR count). The van der Waals surface area contributed by atoms with Crippen molar-refractivity contribution in [1.29, 1.82) is 0 Å². The normalized spacial score (nSPS) is 20.5. The molecule has 192 valence electrons. The molecule has 1 N–H and O–H groups in total. The van der Waals surface area contributed by atoms with Crippen molar-refractivity contribution in [2.24, 2.45) is 0 Å². The number of methoxy groups -OCH3 is 1. The summed E-state index contributed by atoms with van der Waals surface area (Å²) in [6, 6.07) is 6.88. The number of benzene rings is 2. The molecule has 3 aromatic rings. The van der Waals surface area contributed by atoms with E-state index in [1.165, 1.54) is 54.4 Å². The van der Waals surface area contributed by atoms with Crippen LogP contribution in [0.15, 0.2) is 49.1 Å². The first-order chi connectivity index (χ1) is 17.2. The number of hydrogen-bond acceptors (Lipinski definition) is 8. The van der Waals surface area contributed by atoms with Gasteiger partial charge in [0.2, 0.25) is 0 Å². The first kappa shape index (κ1) is 26.1. The van der Waals surface area contributed by atoms with Gasteiger partial charge in [0, 0.05) is 22.4 Å². The minimum Gasteiger partial charge on any atom is -0.465 e. The minimum atomic E-state index is -1.77. The number of carbonyl (C=O) groups is 1. The maximum atomic E-state index is 14.7. The van der Waals surface area contributed by atoms with Crippen LogP contribution in [0.2, 0.25) is 0 Å². The number of carbonyl (C=O) groups excluding carboxylic acids is 1. The van der Waals surface area contributed by atoms with E-state index in [4.69, 9.17) is 9.47 Å². The standard InChI is InChI=1S/C24H24F3N3O5S/c1-14(24(32,11-30-13-28-12-29-30)19-6-4-16(25)8-21(19)27)36-17-9-34-23(35-10-17)18-5-3-15(7-20(18)26)22(31)33-2/h3-8,12-14,17,23,32H,9-11H2,1-2H3/t14-,17-,23+,24-/m1/s1. The molecule has 1 aliphatic rings. The highest BCUT2D eigenvalue weighted by Gasteiger charge is 2.41. The molecular weight excluding hydrogens is 499 g/mol. The van der Waals surface area contributed by atoms with Gasteiger partial charge in [-0.1, -0.05) is 19.1 Å². The molecule has 0 spiro atoms. The SMILES string of the molecule is COC(=O)c1ccc([C@H]2OC[C@@H](S[C@H](C)[C@](O)(Cn3cncn3)c3ccc(F)cc3F)CO2)c(F)c1. The average Bonchev–Trinajstić information content (AvgIpc) is 3.36. The quantitative estimate of drug-likeness (QED) is 0.448. The second-order valence-corrected chi connectivity index (χ2v) is 9.91. The summed E-state index contributed by atoms with van der Waals surface area (Å²) >= 11 is 1.29. The summed E-state index contributed by atoms with van der Waals surface area (Å²) in [5, 5.41) is 14.7. The summed E-state index contributed by atoms with van der Waals surface area (Å²) < 4.78 is 60.2. The van der Waals surface area contributed by atoms with Crippen molar-refractivity contribution in [2.45, 2.75) is 35.9 Å². The number of rotatable bonds is 8. The van der Waals surface area contributed by atoms with Crippen molar-refractivity contribution in [2.75, 3.05) is 20.3 Å². The first-order valence-corrected chi connectivity index (χ1v) is 11.9. The second kappa shape index (κ2) is 11.0. The molecule has 0 saturated carbocycles. The van der Waals surface area contributed by atoms with E-state index in [0.717, 1.165) is 18.2 Å². The Labute approximate surface area is 209 Å². The lowest BCUT2D eigenvalue weighted by Gasteiger charge is -2.37. The Bertz CT molecular complexity index is 1210. The fourth-order valence-electron chi connectivity index (χ4n) is 3.94. The summed E-state index contributed by atoms with van der Waals surface area (Å²) in [4.78, 5) is 15.5. The van der Waals surface area contributed by atoms with Gasteiger partial charge in [-0.15, -0.1) is 11.8 Å². The molecule has 1 fully saturated rings. The van der Waals surface area contributed by atoms with E-state index in [1.54, 1.807) is 6.92 Å². The summed E-state index contributed by atoms with van der Waals surface area (Å²) in [6.07, 6.45) is 1.70. The van der Waals surface area contributed by atoms with E-state index in [9.17, 15) is 23.1 Å². The van der Waals surface area contributed by atoms with E-state index in [2.05, 4.69) is 14.8 Å². The Morgan fingerprint density at radius 2 is 1.97 bits per heavy atom. The van der Waals surface area contributed by atoms with Crippen LogP contribution < -0.4 is 0 Å². The predicted molar refractivity (Wildman–Crippen MR) is 124 cm³/mol. The molecule has 36 heavy (non-hydrogen) atoms. The minimum absolute atomic E-state index is 0.0662. The molecule has 1 saturated heterocycles. The number of hydrogen-bond donors (Lipinski definition) is 1. The molecule has 2 atom stereocenters. The van der Waals surface area contributed by atoms with Gasteiger partial charge in [-0.3, -0.25) is 0 Å². The van der Waals surface area contributed by atoms with Crippen molar-refractivity contribution >= 4 is 17.7 Å². The fourth-order valence-corrected chi connectivity index (χ4v) is 5.26. The number of nitrogens with zero attached hydrogens (tertiary/aromatic N) is 3. The van der Waals surface area contributed by atoms with E-state index >= 15 is 0 Å². The third-order valence-electron chi connectivity index (χ3n) is 5.88. The van der Waals surface area contributed by atoms with Gasteiger partial charge in [0.15, 0.2) is 6.29 Å². The zero-order valence-electron chi connectivity index (χ0n) is 19.4. The highest BCUT2D eigenvalue weighted by molar-refractivity contribution is 8.00. The van der Waals surface area contributed by atoms with Crippen molar-refractivity contribution in [3.8, 4) is 0 Å². The lowest BCUT2D eigenvalue weighted by atomic mass is 9.90. The molecule has 0 unspecified atom stereocenters. The Morgan fingerprint density at radius 1 is 1.22 bits per heavy atom. The van der Waals surface area contributed by atoms with Crippen LogP contribution in [-0.2, 0) is 26.4 Å². The van der Waals surface area contributed by atoms with Crippen molar-refractivity contribution in [1.82, 2.24) is 14.8 Å². The molecule has 2 aromatic carbocycles. The zero-order valence-corrected chi connectivity index (χ0v) is 20.3. The van der Waals surface area contributed by atoms with E-state index in [-0.39, 0.29) is 41.7 Å². The number of esters is 1. The monoisotopic (exact) mass is 523 g/mol. The molecular formula is C24H24F3N3O5S. The molecule has 2 heterocycles. The Kier molecular flexibility index (Phi) is 7.98. The van der Waals surface area contributed by atoms with Crippen LogP contribution >= 0.6 is 11.8 Å². The van der Waals surface area contributed by atoms with Gasteiger partial charge >= 0.3 is 5.97 Å². The van der Waals surface area contributed by atoms with Crippen molar-refractivity contribution in [3.63, 3.8) is 0 Å². The number of ether oxygens (including phenoxy) is 3. The summed E-state index contributed by atoms with van der Waals surface area (Å²) in [7, 11) is 1.21. The van der Waals surface area contributed by atoms with E-state index in [1.807, 2.05) is 0 Å².